The molecular weight excluding hydrogens is 396 g/mol. The largest absolute Gasteiger partial charge is 0.418 e. The number of anilines is 1. The highest BCUT2D eigenvalue weighted by atomic mass is 19.4. The fraction of sp³-hybridized carbons (Fsp3) is 0.0952. The van der Waals surface area contributed by atoms with Gasteiger partial charge in [0.2, 0.25) is 0 Å². The second-order valence-electron chi connectivity index (χ2n) is 6.12. The molecule has 0 fully saturated rings. The zero-order valence-electron chi connectivity index (χ0n) is 14.6. The van der Waals surface area contributed by atoms with E-state index in [1.165, 1.54) is 42.5 Å². The predicted octanol–water partition coefficient (Wildman–Crippen LogP) is 6.64. The summed E-state index contributed by atoms with van der Waals surface area (Å²) in [6, 6.07) is 14.7. The topological polar surface area (TPSA) is 29.1 Å². The van der Waals surface area contributed by atoms with Crippen LogP contribution in [0.3, 0.4) is 0 Å². The third-order valence-corrected chi connectivity index (χ3v) is 4.18. The number of nitrogens with one attached hydrogen (secondary N) is 1. The molecule has 0 atom stereocenters. The fourth-order valence-electron chi connectivity index (χ4n) is 2.80. The fourth-order valence-corrected chi connectivity index (χ4v) is 2.80. The van der Waals surface area contributed by atoms with E-state index in [-0.39, 0.29) is 5.56 Å². The molecule has 0 aliphatic rings. The molecular formula is C21H13F6NO. The molecule has 0 saturated heterocycles. The van der Waals surface area contributed by atoms with E-state index in [1.807, 2.05) is 0 Å². The first kappa shape index (κ1) is 20.4. The number of benzene rings is 3. The summed E-state index contributed by atoms with van der Waals surface area (Å²) in [7, 11) is 0. The summed E-state index contributed by atoms with van der Waals surface area (Å²) >= 11 is 0. The third-order valence-electron chi connectivity index (χ3n) is 4.18. The van der Waals surface area contributed by atoms with E-state index < -0.39 is 35.1 Å². The lowest BCUT2D eigenvalue weighted by Crippen LogP contribution is -2.17. The Labute approximate surface area is 161 Å². The first-order chi connectivity index (χ1) is 13.6. The summed E-state index contributed by atoms with van der Waals surface area (Å²) in [6.07, 6.45) is -9.16. The Morgan fingerprint density at radius 3 is 1.90 bits per heavy atom. The molecule has 0 aliphatic carbocycles. The van der Waals surface area contributed by atoms with Crippen molar-refractivity contribution in [1.82, 2.24) is 0 Å². The zero-order valence-corrected chi connectivity index (χ0v) is 14.6. The van der Waals surface area contributed by atoms with E-state index in [4.69, 9.17) is 0 Å². The number of hydrogen-bond acceptors (Lipinski definition) is 1. The Kier molecular flexibility index (Phi) is 5.37. The van der Waals surface area contributed by atoms with Crippen LogP contribution in [0, 0.1) is 0 Å². The molecule has 0 saturated carbocycles. The highest BCUT2D eigenvalue weighted by molar-refractivity contribution is 6.09. The maximum absolute atomic E-state index is 13.1. The molecule has 0 aromatic heterocycles. The Balaban J connectivity index is 1.95. The van der Waals surface area contributed by atoms with Gasteiger partial charge in [0, 0.05) is 5.56 Å². The second kappa shape index (κ2) is 7.62. The Morgan fingerprint density at radius 1 is 0.690 bits per heavy atom. The van der Waals surface area contributed by atoms with Crippen LogP contribution >= 0.6 is 0 Å². The van der Waals surface area contributed by atoms with Crippen molar-refractivity contribution >= 4 is 11.6 Å². The quantitative estimate of drug-likeness (QED) is 0.483. The first-order valence-corrected chi connectivity index (χ1v) is 8.31. The standard InChI is InChI=1S/C21H13F6NO/c22-20(23,24)14-11-9-13(10-12-14)15-5-1-2-6-16(15)19(29)28-18-8-4-3-7-17(18)21(25,26)27/h1-12H,(H,28,29). The van der Waals surface area contributed by atoms with Crippen molar-refractivity contribution in [3.05, 3.63) is 89.5 Å². The van der Waals surface area contributed by atoms with Crippen LogP contribution in [-0.2, 0) is 12.4 Å². The Hall–Kier alpha value is -3.29. The number of carbonyl (C=O) groups excluding carboxylic acids is 1. The van der Waals surface area contributed by atoms with Crippen LogP contribution in [0.2, 0.25) is 0 Å². The van der Waals surface area contributed by atoms with Crippen LogP contribution in [0.4, 0.5) is 32.0 Å². The van der Waals surface area contributed by atoms with Crippen molar-refractivity contribution < 1.29 is 31.1 Å². The van der Waals surface area contributed by atoms with Gasteiger partial charge in [0.05, 0.1) is 16.8 Å². The molecule has 3 rings (SSSR count). The minimum Gasteiger partial charge on any atom is -0.321 e. The van der Waals surface area contributed by atoms with E-state index in [1.54, 1.807) is 6.07 Å². The summed E-state index contributed by atoms with van der Waals surface area (Å²) in [5.41, 5.74) is -1.60. The van der Waals surface area contributed by atoms with Gasteiger partial charge < -0.3 is 5.32 Å². The normalized spacial score (nSPS) is 11.9. The lowest BCUT2D eigenvalue weighted by molar-refractivity contribution is -0.138. The van der Waals surface area contributed by atoms with Crippen LogP contribution in [0.1, 0.15) is 21.5 Å². The van der Waals surface area contributed by atoms with Crippen molar-refractivity contribution in [2.24, 2.45) is 0 Å². The van der Waals surface area contributed by atoms with Crippen LogP contribution < -0.4 is 5.32 Å². The van der Waals surface area contributed by atoms with Gasteiger partial charge in [-0.15, -0.1) is 0 Å². The average Bonchev–Trinajstić information content (AvgIpc) is 2.67. The summed E-state index contributed by atoms with van der Waals surface area (Å²) in [5, 5.41) is 2.24. The molecule has 2 nitrogen and oxygen atoms in total. The SMILES string of the molecule is O=C(Nc1ccccc1C(F)(F)F)c1ccccc1-c1ccc(C(F)(F)F)cc1. The number of hydrogen-bond donors (Lipinski definition) is 1. The lowest BCUT2D eigenvalue weighted by atomic mass is 9.98. The maximum atomic E-state index is 13.1. The van der Waals surface area contributed by atoms with Crippen LogP contribution in [0.15, 0.2) is 72.8 Å². The molecule has 8 heteroatoms. The molecule has 0 aliphatic heterocycles. The monoisotopic (exact) mass is 409 g/mol. The van der Waals surface area contributed by atoms with Crippen molar-refractivity contribution in [1.29, 1.82) is 0 Å². The average molecular weight is 409 g/mol. The highest BCUT2D eigenvalue weighted by Crippen LogP contribution is 2.35. The molecule has 0 unspecified atom stereocenters. The molecule has 3 aromatic rings. The molecule has 0 heterocycles. The van der Waals surface area contributed by atoms with E-state index in [0.717, 1.165) is 24.3 Å². The lowest BCUT2D eigenvalue weighted by Gasteiger charge is -2.15. The van der Waals surface area contributed by atoms with Gasteiger partial charge in [-0.2, -0.15) is 26.3 Å². The van der Waals surface area contributed by atoms with E-state index >= 15 is 0 Å². The number of halogens is 6. The molecule has 1 N–H and O–H groups in total. The van der Waals surface area contributed by atoms with Crippen LogP contribution in [0.25, 0.3) is 11.1 Å². The van der Waals surface area contributed by atoms with Gasteiger partial charge in [-0.3, -0.25) is 4.79 Å². The predicted molar refractivity (Wildman–Crippen MR) is 96.3 cm³/mol. The molecule has 0 radical (unpaired) electrons. The smallest absolute Gasteiger partial charge is 0.321 e. The van der Waals surface area contributed by atoms with Crippen LogP contribution in [-0.4, -0.2) is 5.91 Å². The van der Waals surface area contributed by atoms with Gasteiger partial charge >= 0.3 is 12.4 Å². The van der Waals surface area contributed by atoms with Crippen molar-refractivity contribution in [3.63, 3.8) is 0 Å². The summed E-state index contributed by atoms with van der Waals surface area (Å²) < 4.78 is 77.7. The summed E-state index contributed by atoms with van der Waals surface area (Å²) in [6.45, 7) is 0. The number of rotatable bonds is 3. The van der Waals surface area contributed by atoms with Gasteiger partial charge in [-0.05, 0) is 41.5 Å². The number of para-hydroxylation sites is 1. The second-order valence-corrected chi connectivity index (χ2v) is 6.12. The number of carbonyl (C=O) groups is 1. The molecule has 1 amide bonds. The van der Waals surface area contributed by atoms with E-state index in [9.17, 15) is 31.1 Å². The molecule has 150 valence electrons. The van der Waals surface area contributed by atoms with Gasteiger partial charge in [0.15, 0.2) is 0 Å². The minimum absolute atomic E-state index is 0.0317. The molecule has 3 aromatic carbocycles. The van der Waals surface area contributed by atoms with Gasteiger partial charge in [-0.25, -0.2) is 0 Å². The van der Waals surface area contributed by atoms with Crippen molar-refractivity contribution in [2.45, 2.75) is 12.4 Å². The van der Waals surface area contributed by atoms with E-state index in [2.05, 4.69) is 5.32 Å². The van der Waals surface area contributed by atoms with Crippen molar-refractivity contribution in [3.8, 4) is 11.1 Å². The summed E-state index contributed by atoms with van der Waals surface area (Å²) in [4.78, 5) is 12.7. The van der Waals surface area contributed by atoms with Crippen LogP contribution in [0.5, 0.6) is 0 Å². The van der Waals surface area contributed by atoms with Gasteiger partial charge in [0.25, 0.3) is 5.91 Å². The van der Waals surface area contributed by atoms with E-state index in [0.29, 0.717) is 11.1 Å². The molecule has 29 heavy (non-hydrogen) atoms. The number of amides is 1. The van der Waals surface area contributed by atoms with Gasteiger partial charge in [-0.1, -0.05) is 42.5 Å². The molecule has 0 spiro atoms. The summed E-state index contributed by atoms with van der Waals surface area (Å²) in [5.74, 6) is -0.808. The third kappa shape index (κ3) is 4.59. The van der Waals surface area contributed by atoms with Crippen molar-refractivity contribution in [2.75, 3.05) is 5.32 Å². The van der Waals surface area contributed by atoms with Gasteiger partial charge in [0.1, 0.15) is 0 Å². The Bertz CT molecular complexity index is 1020. The zero-order chi connectivity index (χ0) is 21.2. The highest BCUT2D eigenvalue weighted by Gasteiger charge is 2.34. The maximum Gasteiger partial charge on any atom is 0.418 e. The number of alkyl halides is 6. The minimum atomic E-state index is -4.66. The Morgan fingerprint density at radius 2 is 1.28 bits per heavy atom. The first-order valence-electron chi connectivity index (χ1n) is 8.31. The molecule has 0 bridgehead atoms.